The largest absolute Gasteiger partial charge is 0.385 e. The lowest BCUT2D eigenvalue weighted by Gasteiger charge is -2.34. The van der Waals surface area contributed by atoms with Gasteiger partial charge in [0.25, 0.3) is 0 Å². The van der Waals surface area contributed by atoms with E-state index < -0.39 is 0 Å². The first-order valence-corrected chi connectivity index (χ1v) is 11.7. The average molecular weight is 431 g/mol. The van der Waals surface area contributed by atoms with Gasteiger partial charge in [0, 0.05) is 59.5 Å². The van der Waals surface area contributed by atoms with Crippen molar-refractivity contribution >= 4 is 11.9 Å². The maximum absolute atomic E-state index is 11.9. The Kier molecular flexibility index (Phi) is 9.62. The summed E-state index contributed by atoms with van der Waals surface area (Å²) in [5.74, 6) is 1.24. The van der Waals surface area contributed by atoms with Crippen LogP contribution in [-0.4, -0.2) is 74.3 Å². The summed E-state index contributed by atoms with van der Waals surface area (Å²) in [6.45, 7) is 8.61. The summed E-state index contributed by atoms with van der Waals surface area (Å²) in [5, 5.41) is 3.44. The summed E-state index contributed by atoms with van der Waals surface area (Å²) in [6, 6.07) is 8.46. The number of aliphatic imine (C=N–C) groups is 1. The molecule has 1 N–H and O–H groups in total. The molecule has 2 aliphatic rings. The summed E-state index contributed by atoms with van der Waals surface area (Å²) in [7, 11) is 1.73. The number of amides is 1. The molecule has 2 heterocycles. The predicted molar refractivity (Wildman–Crippen MR) is 123 cm³/mol. The van der Waals surface area contributed by atoms with Gasteiger partial charge in [-0.05, 0) is 43.7 Å². The molecule has 0 saturated carbocycles. The van der Waals surface area contributed by atoms with Crippen molar-refractivity contribution in [3.05, 3.63) is 35.4 Å². The number of nitrogens with zero attached hydrogens (tertiary/aromatic N) is 3. The van der Waals surface area contributed by atoms with Crippen LogP contribution in [0.25, 0.3) is 0 Å². The van der Waals surface area contributed by atoms with Crippen LogP contribution >= 0.6 is 0 Å². The average Bonchev–Trinajstić information content (AvgIpc) is 3.19. The van der Waals surface area contributed by atoms with Crippen molar-refractivity contribution in [1.82, 2.24) is 15.1 Å². The molecule has 31 heavy (non-hydrogen) atoms. The Hall–Kier alpha value is -2.12. The first-order chi connectivity index (χ1) is 15.2. The van der Waals surface area contributed by atoms with E-state index >= 15 is 0 Å². The fraction of sp³-hybridized carbons (Fsp3) is 0.667. The van der Waals surface area contributed by atoms with Crippen LogP contribution in [0.2, 0.25) is 0 Å². The van der Waals surface area contributed by atoms with Gasteiger partial charge >= 0.3 is 0 Å². The lowest BCUT2D eigenvalue weighted by Crippen LogP contribution is -2.47. The van der Waals surface area contributed by atoms with Crippen LogP contribution in [0.4, 0.5) is 0 Å². The van der Waals surface area contributed by atoms with Crippen LogP contribution in [-0.2, 0) is 27.4 Å². The molecule has 0 bridgehead atoms. The molecule has 7 heteroatoms. The number of likely N-dealkylation sites (tertiary alicyclic amines) is 2. The Balaban J connectivity index is 1.51. The van der Waals surface area contributed by atoms with Crippen molar-refractivity contribution in [2.24, 2.45) is 4.99 Å². The van der Waals surface area contributed by atoms with Crippen molar-refractivity contribution in [3.63, 3.8) is 0 Å². The van der Waals surface area contributed by atoms with Gasteiger partial charge in [0.2, 0.25) is 5.91 Å². The molecular formula is C24H38N4O3. The third-order valence-electron chi connectivity index (χ3n) is 5.87. The highest BCUT2D eigenvalue weighted by Gasteiger charge is 2.22. The topological polar surface area (TPSA) is 66.4 Å². The predicted octanol–water partition coefficient (Wildman–Crippen LogP) is 2.79. The van der Waals surface area contributed by atoms with Gasteiger partial charge in [-0.15, -0.1) is 0 Å². The van der Waals surface area contributed by atoms with Crippen molar-refractivity contribution in [3.8, 4) is 0 Å². The van der Waals surface area contributed by atoms with Gasteiger partial charge in [-0.1, -0.05) is 24.3 Å². The summed E-state index contributed by atoms with van der Waals surface area (Å²) in [4.78, 5) is 21.1. The second-order valence-electron chi connectivity index (χ2n) is 8.31. The third kappa shape index (κ3) is 7.51. The standard InChI is InChI=1S/C24H38N4O3/c1-3-25-24(27-13-10-22(11-14-27)31-16-6-15-30-2)26-18-20-7-4-8-21(17-20)19-28-12-5-9-23(28)29/h4,7-8,17,22H,3,5-6,9-16,18-19H2,1-2H3,(H,25,26). The smallest absolute Gasteiger partial charge is 0.222 e. The summed E-state index contributed by atoms with van der Waals surface area (Å²) >= 11 is 0. The van der Waals surface area contributed by atoms with Gasteiger partial charge in [0.05, 0.1) is 12.6 Å². The van der Waals surface area contributed by atoms with Gasteiger partial charge in [-0.25, -0.2) is 4.99 Å². The third-order valence-corrected chi connectivity index (χ3v) is 5.87. The fourth-order valence-corrected chi connectivity index (χ4v) is 4.20. The number of piperidine rings is 1. The van der Waals surface area contributed by atoms with Crippen LogP contribution in [0.15, 0.2) is 29.3 Å². The zero-order valence-corrected chi connectivity index (χ0v) is 19.1. The molecule has 1 amide bonds. The van der Waals surface area contributed by atoms with E-state index in [1.54, 1.807) is 7.11 Å². The monoisotopic (exact) mass is 430 g/mol. The second-order valence-corrected chi connectivity index (χ2v) is 8.31. The summed E-state index contributed by atoms with van der Waals surface area (Å²) < 4.78 is 11.1. The molecule has 2 saturated heterocycles. The first-order valence-electron chi connectivity index (χ1n) is 11.7. The minimum Gasteiger partial charge on any atom is -0.385 e. The van der Waals surface area contributed by atoms with Crippen LogP contribution in [0, 0.1) is 0 Å². The summed E-state index contributed by atoms with van der Waals surface area (Å²) in [6.07, 6.45) is 4.99. The number of nitrogens with one attached hydrogen (secondary N) is 1. The van der Waals surface area contributed by atoms with E-state index in [9.17, 15) is 4.79 Å². The van der Waals surface area contributed by atoms with Gasteiger partial charge in [0.1, 0.15) is 0 Å². The van der Waals surface area contributed by atoms with E-state index in [-0.39, 0.29) is 5.91 Å². The number of carbonyl (C=O) groups excluding carboxylic acids is 1. The van der Waals surface area contributed by atoms with Gasteiger partial charge in [-0.2, -0.15) is 0 Å². The number of benzene rings is 1. The molecule has 2 fully saturated rings. The van der Waals surface area contributed by atoms with Crippen LogP contribution in [0.5, 0.6) is 0 Å². The number of hydrogen-bond donors (Lipinski definition) is 1. The molecule has 3 rings (SSSR count). The Bertz CT molecular complexity index is 717. The molecule has 1 aromatic carbocycles. The molecule has 172 valence electrons. The van der Waals surface area contributed by atoms with Crippen molar-refractivity contribution in [1.29, 1.82) is 0 Å². The van der Waals surface area contributed by atoms with E-state index in [0.29, 0.717) is 25.6 Å². The zero-order chi connectivity index (χ0) is 21.9. The SMILES string of the molecule is CCNC(=NCc1cccc(CN2CCCC2=O)c1)N1CCC(OCCCOC)CC1. The van der Waals surface area contributed by atoms with E-state index in [4.69, 9.17) is 14.5 Å². The van der Waals surface area contributed by atoms with Gasteiger partial charge in [0.15, 0.2) is 5.96 Å². The van der Waals surface area contributed by atoms with Crippen LogP contribution < -0.4 is 5.32 Å². The van der Waals surface area contributed by atoms with Crippen molar-refractivity contribution in [2.45, 2.75) is 58.2 Å². The summed E-state index contributed by atoms with van der Waals surface area (Å²) in [5.41, 5.74) is 2.36. The highest BCUT2D eigenvalue weighted by Crippen LogP contribution is 2.17. The Morgan fingerprint density at radius 1 is 1.19 bits per heavy atom. The van der Waals surface area contributed by atoms with Crippen LogP contribution in [0.3, 0.4) is 0 Å². The molecular weight excluding hydrogens is 392 g/mol. The second kappa shape index (κ2) is 12.7. The molecule has 0 aromatic heterocycles. The van der Waals surface area contributed by atoms with Crippen molar-refractivity contribution < 1.29 is 14.3 Å². The number of hydrogen-bond acceptors (Lipinski definition) is 4. The number of ether oxygens (including phenoxy) is 2. The van der Waals surface area contributed by atoms with Crippen molar-refractivity contribution in [2.75, 3.05) is 46.5 Å². The maximum Gasteiger partial charge on any atom is 0.222 e. The number of carbonyl (C=O) groups is 1. The lowest BCUT2D eigenvalue weighted by molar-refractivity contribution is -0.128. The number of methoxy groups -OCH3 is 1. The minimum atomic E-state index is 0.268. The molecule has 0 aliphatic carbocycles. The maximum atomic E-state index is 11.9. The number of guanidine groups is 1. The molecule has 0 radical (unpaired) electrons. The van der Waals surface area contributed by atoms with Gasteiger partial charge in [-0.3, -0.25) is 4.79 Å². The highest BCUT2D eigenvalue weighted by atomic mass is 16.5. The number of rotatable bonds is 10. The Morgan fingerprint density at radius 3 is 2.71 bits per heavy atom. The Morgan fingerprint density at radius 2 is 2.00 bits per heavy atom. The quantitative estimate of drug-likeness (QED) is 0.351. The van der Waals surface area contributed by atoms with Gasteiger partial charge < -0.3 is 24.6 Å². The van der Waals surface area contributed by atoms with E-state index in [1.807, 2.05) is 4.90 Å². The molecule has 7 nitrogen and oxygen atoms in total. The zero-order valence-electron chi connectivity index (χ0n) is 19.1. The molecule has 1 aromatic rings. The molecule has 0 unspecified atom stereocenters. The van der Waals surface area contributed by atoms with E-state index in [1.165, 1.54) is 11.1 Å². The fourth-order valence-electron chi connectivity index (χ4n) is 4.20. The molecule has 0 atom stereocenters. The normalized spacial score (nSPS) is 18.1. The van der Waals surface area contributed by atoms with Crippen LogP contribution in [0.1, 0.15) is 50.2 Å². The van der Waals surface area contributed by atoms with E-state index in [0.717, 1.165) is 71.0 Å². The molecule has 2 aliphatic heterocycles. The van der Waals surface area contributed by atoms with E-state index in [2.05, 4.69) is 41.4 Å². The molecule has 0 spiro atoms. The lowest BCUT2D eigenvalue weighted by atomic mass is 10.1. The minimum absolute atomic E-state index is 0.268. The highest BCUT2D eigenvalue weighted by molar-refractivity contribution is 5.80. The Labute approximate surface area is 186 Å². The first kappa shape index (κ1) is 23.5.